The smallest absolute Gasteiger partial charge is 0.335 e. The van der Waals surface area contributed by atoms with Gasteiger partial charge in [0.2, 0.25) is 0 Å². The molecule has 1 amide bonds. The molecule has 1 heterocycles. The van der Waals surface area contributed by atoms with Crippen molar-refractivity contribution in [3.8, 4) is 17.0 Å². The summed E-state index contributed by atoms with van der Waals surface area (Å²) in [4.78, 5) is 23.6. The number of halogens is 2. The molecular formula is C28H24Cl2N2O5. The van der Waals surface area contributed by atoms with E-state index in [0.717, 1.165) is 11.1 Å². The van der Waals surface area contributed by atoms with Crippen LogP contribution in [0.1, 0.15) is 57.4 Å². The first kappa shape index (κ1) is 26.3. The lowest BCUT2D eigenvalue weighted by Gasteiger charge is -2.13. The van der Waals surface area contributed by atoms with Crippen molar-refractivity contribution in [1.29, 1.82) is 0 Å². The quantitative estimate of drug-likeness (QED) is 0.239. The number of carbonyl (C=O) groups is 2. The van der Waals surface area contributed by atoms with Crippen molar-refractivity contribution < 1.29 is 24.0 Å². The second kappa shape index (κ2) is 11.1. The Labute approximate surface area is 224 Å². The third kappa shape index (κ3) is 5.79. The molecule has 0 saturated carbocycles. The lowest BCUT2D eigenvalue weighted by Crippen LogP contribution is -2.13. The Morgan fingerprint density at radius 3 is 2.27 bits per heavy atom. The molecule has 0 radical (unpaired) electrons. The average molecular weight is 539 g/mol. The Morgan fingerprint density at radius 1 is 1.03 bits per heavy atom. The van der Waals surface area contributed by atoms with Crippen LogP contribution >= 0.6 is 23.2 Å². The SMILES string of the molecule is Cc1cc(OCc2c(-c3c(Cl)cccc3Cl)noc2C(C)C)ccc1NC(=O)c1ccc(C(=O)O)cc1. The van der Waals surface area contributed by atoms with Crippen LogP contribution in [-0.2, 0) is 6.61 Å². The van der Waals surface area contributed by atoms with Gasteiger partial charge in [-0.15, -0.1) is 0 Å². The highest BCUT2D eigenvalue weighted by Gasteiger charge is 2.24. The molecule has 0 unspecified atom stereocenters. The van der Waals surface area contributed by atoms with E-state index in [2.05, 4.69) is 10.5 Å². The van der Waals surface area contributed by atoms with Crippen LogP contribution in [0.2, 0.25) is 10.0 Å². The highest BCUT2D eigenvalue weighted by molar-refractivity contribution is 6.39. The molecule has 9 heteroatoms. The van der Waals surface area contributed by atoms with Crippen LogP contribution in [0.4, 0.5) is 5.69 Å². The number of benzene rings is 3. The minimum absolute atomic E-state index is 0.0602. The number of carboxylic acids is 1. The van der Waals surface area contributed by atoms with Crippen molar-refractivity contribution in [1.82, 2.24) is 5.16 Å². The summed E-state index contributed by atoms with van der Waals surface area (Å²) in [6.45, 7) is 6.02. The van der Waals surface area contributed by atoms with Gasteiger partial charge in [0, 0.05) is 22.7 Å². The highest BCUT2D eigenvalue weighted by Crippen LogP contribution is 2.39. The molecule has 0 fully saturated rings. The Hall–Kier alpha value is -3.81. The number of nitrogens with zero attached hydrogens (tertiary/aromatic N) is 1. The monoisotopic (exact) mass is 538 g/mol. The van der Waals surface area contributed by atoms with Gasteiger partial charge >= 0.3 is 5.97 Å². The topological polar surface area (TPSA) is 102 Å². The van der Waals surface area contributed by atoms with Crippen LogP contribution in [-0.4, -0.2) is 22.1 Å². The molecule has 0 spiro atoms. The van der Waals surface area contributed by atoms with Crippen LogP contribution < -0.4 is 10.1 Å². The number of aryl methyl sites for hydroxylation is 1. The van der Waals surface area contributed by atoms with Gasteiger partial charge in [-0.05, 0) is 67.1 Å². The summed E-state index contributed by atoms with van der Waals surface area (Å²) in [6.07, 6.45) is 0. The largest absolute Gasteiger partial charge is 0.489 e. The Balaban J connectivity index is 1.52. The second-order valence-corrected chi connectivity index (χ2v) is 9.54. The fourth-order valence-electron chi connectivity index (χ4n) is 3.82. The molecule has 190 valence electrons. The molecule has 0 saturated heterocycles. The number of carbonyl (C=O) groups excluding carboxylic acids is 1. The number of nitrogens with one attached hydrogen (secondary N) is 1. The maximum absolute atomic E-state index is 12.6. The van der Waals surface area contributed by atoms with Gasteiger partial charge in [0.25, 0.3) is 5.91 Å². The van der Waals surface area contributed by atoms with E-state index in [0.29, 0.717) is 44.1 Å². The predicted octanol–water partition coefficient (Wildman–Crippen LogP) is 7.61. The Bertz CT molecular complexity index is 1440. The van der Waals surface area contributed by atoms with Crippen molar-refractivity contribution in [3.63, 3.8) is 0 Å². The first-order valence-corrected chi connectivity index (χ1v) is 12.2. The van der Waals surface area contributed by atoms with E-state index in [4.69, 9.17) is 37.6 Å². The van der Waals surface area contributed by atoms with Gasteiger partial charge in [-0.3, -0.25) is 4.79 Å². The summed E-state index contributed by atoms with van der Waals surface area (Å²) in [5, 5.41) is 17.0. The number of rotatable bonds is 8. The summed E-state index contributed by atoms with van der Waals surface area (Å²) in [6, 6.07) is 16.3. The van der Waals surface area contributed by atoms with Gasteiger partial charge in [-0.1, -0.05) is 48.3 Å². The van der Waals surface area contributed by atoms with Crippen molar-refractivity contribution in [2.75, 3.05) is 5.32 Å². The fraction of sp³-hybridized carbons (Fsp3) is 0.179. The Kier molecular flexibility index (Phi) is 7.86. The maximum Gasteiger partial charge on any atom is 0.335 e. The summed E-state index contributed by atoms with van der Waals surface area (Å²) >= 11 is 12.8. The van der Waals surface area contributed by atoms with Crippen LogP contribution in [0.25, 0.3) is 11.3 Å². The van der Waals surface area contributed by atoms with Gasteiger partial charge in [-0.2, -0.15) is 0 Å². The van der Waals surface area contributed by atoms with Gasteiger partial charge in [0.15, 0.2) is 0 Å². The highest BCUT2D eigenvalue weighted by atomic mass is 35.5. The van der Waals surface area contributed by atoms with Gasteiger partial charge in [-0.25, -0.2) is 4.79 Å². The van der Waals surface area contributed by atoms with Crippen LogP contribution in [0.5, 0.6) is 5.75 Å². The van der Waals surface area contributed by atoms with Gasteiger partial charge in [0.05, 0.1) is 21.2 Å². The number of hydrogen-bond acceptors (Lipinski definition) is 5. The molecule has 4 rings (SSSR count). The molecule has 2 N–H and O–H groups in total. The molecule has 0 aliphatic carbocycles. The first-order valence-electron chi connectivity index (χ1n) is 11.5. The first-order chi connectivity index (χ1) is 17.7. The third-order valence-electron chi connectivity index (χ3n) is 5.77. The van der Waals surface area contributed by atoms with Crippen LogP contribution in [0.15, 0.2) is 65.2 Å². The molecular weight excluding hydrogens is 515 g/mol. The number of amides is 1. The molecule has 0 bridgehead atoms. The van der Waals surface area contributed by atoms with E-state index in [1.54, 1.807) is 30.3 Å². The van der Waals surface area contributed by atoms with E-state index in [1.165, 1.54) is 24.3 Å². The molecule has 0 aliphatic rings. The van der Waals surface area contributed by atoms with E-state index >= 15 is 0 Å². The van der Waals surface area contributed by atoms with Crippen molar-refractivity contribution >= 4 is 40.8 Å². The van der Waals surface area contributed by atoms with Crippen LogP contribution in [0.3, 0.4) is 0 Å². The molecule has 1 aromatic heterocycles. The zero-order chi connectivity index (χ0) is 26.7. The van der Waals surface area contributed by atoms with Gasteiger partial charge in [0.1, 0.15) is 23.8 Å². The van der Waals surface area contributed by atoms with Crippen molar-refractivity contribution in [3.05, 3.63) is 98.7 Å². The second-order valence-electron chi connectivity index (χ2n) is 8.73. The maximum atomic E-state index is 12.6. The number of aromatic carboxylic acids is 1. The summed E-state index contributed by atoms with van der Waals surface area (Å²) in [5.41, 5.74) is 3.74. The minimum atomic E-state index is -1.05. The number of hydrogen-bond donors (Lipinski definition) is 2. The normalized spacial score (nSPS) is 11.0. The number of ether oxygens (including phenoxy) is 1. The zero-order valence-corrected chi connectivity index (χ0v) is 21.9. The van der Waals surface area contributed by atoms with Gasteiger partial charge < -0.3 is 19.7 Å². The molecule has 37 heavy (non-hydrogen) atoms. The van der Waals surface area contributed by atoms with Crippen molar-refractivity contribution in [2.45, 2.75) is 33.3 Å². The Morgan fingerprint density at radius 2 is 1.68 bits per heavy atom. The number of anilines is 1. The van der Waals surface area contributed by atoms with E-state index in [-0.39, 0.29) is 24.0 Å². The molecule has 3 aromatic carbocycles. The minimum Gasteiger partial charge on any atom is -0.489 e. The standard InChI is InChI=1S/C28H24Cl2N2O5/c1-15(2)26-20(25(32-37-26)24-21(29)5-4-6-22(24)30)14-36-19-11-12-23(16(3)13-19)31-27(33)17-7-9-18(10-8-17)28(34)35/h4-13,15H,14H2,1-3H3,(H,31,33)(H,34,35). The van der Waals surface area contributed by atoms with E-state index in [9.17, 15) is 9.59 Å². The molecule has 4 aromatic rings. The van der Waals surface area contributed by atoms with E-state index < -0.39 is 5.97 Å². The lowest BCUT2D eigenvalue weighted by molar-refractivity contribution is 0.0696. The molecule has 0 aliphatic heterocycles. The zero-order valence-electron chi connectivity index (χ0n) is 20.3. The summed E-state index contributed by atoms with van der Waals surface area (Å²) < 4.78 is 11.7. The lowest BCUT2D eigenvalue weighted by atomic mass is 10.0. The van der Waals surface area contributed by atoms with Crippen LogP contribution in [0, 0.1) is 6.92 Å². The average Bonchev–Trinajstić information content (AvgIpc) is 3.28. The predicted molar refractivity (Wildman–Crippen MR) is 143 cm³/mol. The summed E-state index contributed by atoms with van der Waals surface area (Å²) in [5.74, 6) is -0.0628. The number of carboxylic acid groups (broad SMARTS) is 1. The number of aromatic nitrogens is 1. The molecule has 0 atom stereocenters. The fourth-order valence-corrected chi connectivity index (χ4v) is 4.39. The molecule has 7 nitrogen and oxygen atoms in total. The third-order valence-corrected chi connectivity index (χ3v) is 6.40. The van der Waals surface area contributed by atoms with E-state index in [1.807, 2.05) is 26.8 Å². The summed E-state index contributed by atoms with van der Waals surface area (Å²) in [7, 11) is 0. The van der Waals surface area contributed by atoms with Crippen molar-refractivity contribution in [2.24, 2.45) is 0 Å².